The molecule has 1 unspecified atom stereocenters. The van der Waals surface area contributed by atoms with Crippen molar-refractivity contribution in [3.05, 3.63) is 30.5 Å². The molecule has 2 aromatic rings. The van der Waals surface area contributed by atoms with E-state index < -0.39 is 22.2 Å². The van der Waals surface area contributed by atoms with Crippen LogP contribution in [0.1, 0.15) is 19.9 Å². The summed E-state index contributed by atoms with van der Waals surface area (Å²) in [5.41, 5.74) is 1.12. The zero-order chi connectivity index (χ0) is 25.1. The lowest BCUT2D eigenvalue weighted by atomic mass is 10.0. The number of carboxylic acid groups (broad SMARTS) is 1. The van der Waals surface area contributed by atoms with E-state index in [0.29, 0.717) is 31.0 Å². The highest BCUT2D eigenvalue weighted by Gasteiger charge is 2.25. The van der Waals surface area contributed by atoms with E-state index in [1.54, 1.807) is 18.3 Å². The molecule has 0 spiro atoms. The van der Waals surface area contributed by atoms with Crippen molar-refractivity contribution in [3.8, 4) is 11.3 Å². The molecule has 1 atom stereocenters. The van der Waals surface area contributed by atoms with Crippen LogP contribution < -0.4 is 15.8 Å². The summed E-state index contributed by atoms with van der Waals surface area (Å²) in [5.74, 6) is -0.316. The topological polar surface area (TPSA) is 188 Å². The van der Waals surface area contributed by atoms with Gasteiger partial charge in [0.15, 0.2) is 0 Å². The molecular formula is C20H30N6O7S. The summed E-state index contributed by atoms with van der Waals surface area (Å²) in [6, 6.07) is 5.31. The number of benzene rings is 1. The largest absolute Gasteiger partial charge is 0.465 e. The Balaban J connectivity index is 1.82. The van der Waals surface area contributed by atoms with Crippen molar-refractivity contribution in [1.82, 2.24) is 25.6 Å². The summed E-state index contributed by atoms with van der Waals surface area (Å²) in [7, 11) is -3.79. The fourth-order valence-electron chi connectivity index (χ4n) is 2.99. The number of hydrogen-bond acceptors (Lipinski definition) is 8. The van der Waals surface area contributed by atoms with Gasteiger partial charge in [0.25, 0.3) is 0 Å². The monoisotopic (exact) mass is 498 g/mol. The zero-order valence-electron chi connectivity index (χ0n) is 19.0. The number of aromatic nitrogens is 3. The summed E-state index contributed by atoms with van der Waals surface area (Å²) in [4.78, 5) is 23.0. The molecule has 34 heavy (non-hydrogen) atoms. The molecule has 0 aliphatic rings. The summed E-state index contributed by atoms with van der Waals surface area (Å²) in [6.07, 6.45) is 0.527. The maximum absolute atomic E-state index is 12.7. The maximum Gasteiger partial charge on any atom is 0.404 e. The Bertz CT molecular complexity index is 1040. The number of sulfonamides is 1. The van der Waals surface area contributed by atoms with Crippen LogP contribution in [0.15, 0.2) is 35.4 Å². The average molecular weight is 499 g/mol. The van der Waals surface area contributed by atoms with Gasteiger partial charge in [-0.3, -0.25) is 4.79 Å². The van der Waals surface area contributed by atoms with Gasteiger partial charge in [0.2, 0.25) is 15.9 Å². The number of carbonyl (C=O) groups excluding carboxylic acids is 1. The highest BCUT2D eigenvalue weighted by atomic mass is 32.2. The first kappa shape index (κ1) is 27.2. The van der Waals surface area contributed by atoms with E-state index in [1.165, 1.54) is 16.8 Å². The molecule has 14 heteroatoms. The van der Waals surface area contributed by atoms with Crippen molar-refractivity contribution in [2.24, 2.45) is 11.1 Å². The van der Waals surface area contributed by atoms with Crippen molar-refractivity contribution < 1.29 is 32.6 Å². The second-order valence-electron chi connectivity index (χ2n) is 7.59. The molecule has 188 valence electrons. The van der Waals surface area contributed by atoms with Crippen LogP contribution >= 0.6 is 0 Å². The number of ether oxygens (including phenoxy) is 2. The predicted molar refractivity (Wildman–Crippen MR) is 121 cm³/mol. The van der Waals surface area contributed by atoms with E-state index in [9.17, 15) is 18.0 Å². The van der Waals surface area contributed by atoms with E-state index in [4.69, 9.17) is 19.7 Å². The lowest BCUT2D eigenvalue weighted by Gasteiger charge is -2.20. The van der Waals surface area contributed by atoms with Crippen molar-refractivity contribution in [3.63, 3.8) is 0 Å². The van der Waals surface area contributed by atoms with Crippen molar-refractivity contribution in [1.29, 1.82) is 0 Å². The van der Waals surface area contributed by atoms with Crippen molar-refractivity contribution in [2.75, 3.05) is 39.5 Å². The number of amides is 2. The molecule has 1 aromatic heterocycles. The lowest BCUT2D eigenvalue weighted by Crippen LogP contribution is -2.37. The van der Waals surface area contributed by atoms with Gasteiger partial charge in [-0.25, -0.2) is 23.0 Å². The third kappa shape index (κ3) is 8.70. The van der Waals surface area contributed by atoms with Crippen LogP contribution in [0.2, 0.25) is 0 Å². The fraction of sp³-hybridized carbons (Fsp3) is 0.500. The van der Waals surface area contributed by atoms with E-state index in [2.05, 4.69) is 20.9 Å². The van der Waals surface area contributed by atoms with Gasteiger partial charge in [-0.1, -0.05) is 31.2 Å². The molecule has 0 fully saturated rings. The number of nitrogens with two attached hydrogens (primary N) is 1. The minimum Gasteiger partial charge on any atom is -0.465 e. The Labute approximate surface area is 197 Å². The van der Waals surface area contributed by atoms with E-state index in [-0.39, 0.29) is 36.5 Å². The van der Waals surface area contributed by atoms with E-state index in [1.807, 2.05) is 13.8 Å². The Morgan fingerprint density at radius 1 is 1.06 bits per heavy atom. The number of nitrogens with zero attached hydrogens (tertiary/aromatic N) is 3. The second kappa shape index (κ2) is 13.0. The van der Waals surface area contributed by atoms with Crippen LogP contribution in [0.25, 0.3) is 11.3 Å². The highest BCUT2D eigenvalue weighted by molar-refractivity contribution is 7.89. The maximum atomic E-state index is 12.7. The Hall–Kier alpha value is -3.07. The van der Waals surface area contributed by atoms with Gasteiger partial charge in [-0.2, -0.15) is 0 Å². The summed E-state index contributed by atoms with van der Waals surface area (Å²) < 4.78 is 34.9. The van der Waals surface area contributed by atoms with Gasteiger partial charge in [-0.15, -0.1) is 5.10 Å². The van der Waals surface area contributed by atoms with Crippen LogP contribution in [0.4, 0.5) is 4.79 Å². The first-order chi connectivity index (χ1) is 16.1. The molecular weight excluding hydrogens is 468 g/mol. The molecule has 0 aliphatic carbocycles. The molecule has 0 radical (unpaired) electrons. The van der Waals surface area contributed by atoms with Crippen molar-refractivity contribution >= 4 is 22.0 Å². The normalized spacial score (nSPS) is 12.5. The van der Waals surface area contributed by atoms with Gasteiger partial charge in [-0.05, 0) is 18.1 Å². The average Bonchev–Trinajstić information content (AvgIpc) is 3.23. The molecule has 5 N–H and O–H groups in total. The molecule has 0 aliphatic heterocycles. The minimum atomic E-state index is -3.79. The number of rotatable bonds is 14. The van der Waals surface area contributed by atoms with E-state index in [0.717, 1.165) is 0 Å². The predicted octanol–water partition coefficient (Wildman–Crippen LogP) is 0.207. The Morgan fingerprint density at radius 2 is 1.65 bits per heavy atom. The van der Waals surface area contributed by atoms with E-state index >= 15 is 0 Å². The SMILES string of the molecule is CC(C)C(C(=O)NCCOCCOCCNC(=O)O)n1cc(-c2ccc(S(N)(=O)=O)cc2)nn1. The molecule has 0 bridgehead atoms. The standard InChI is InChI=1S/C20H30N6O7S/c1-14(2)18(19(27)22-7-9-32-11-12-33-10-8-23-20(28)29)26-13-17(24-25-26)15-3-5-16(6-4-15)34(21,30)31/h3-6,13-14,18,23H,7-12H2,1-2H3,(H,22,27)(H,28,29)(H2,21,30,31). The third-order valence-corrected chi connectivity index (χ3v) is 5.54. The van der Waals surface area contributed by atoms with Crippen LogP contribution in [-0.4, -0.2) is 80.0 Å². The third-order valence-electron chi connectivity index (χ3n) is 4.61. The van der Waals surface area contributed by atoms with Crippen LogP contribution in [0.5, 0.6) is 0 Å². The molecule has 1 aromatic carbocycles. The molecule has 2 amide bonds. The number of nitrogens with one attached hydrogen (secondary N) is 2. The zero-order valence-corrected chi connectivity index (χ0v) is 19.8. The number of primary sulfonamides is 1. The van der Waals surface area contributed by atoms with Gasteiger partial charge in [0, 0.05) is 18.7 Å². The summed E-state index contributed by atoms with van der Waals surface area (Å²) in [6.45, 7) is 5.42. The minimum absolute atomic E-state index is 0.00736. The number of hydrogen-bond donors (Lipinski definition) is 4. The van der Waals surface area contributed by atoms with Gasteiger partial charge in [0.05, 0.1) is 37.5 Å². The second-order valence-corrected chi connectivity index (χ2v) is 9.15. The molecule has 2 rings (SSSR count). The molecule has 13 nitrogen and oxygen atoms in total. The van der Waals surface area contributed by atoms with Crippen LogP contribution in [-0.2, 0) is 24.3 Å². The quantitative estimate of drug-likeness (QED) is 0.264. The molecule has 0 saturated carbocycles. The lowest BCUT2D eigenvalue weighted by molar-refractivity contribution is -0.126. The first-order valence-electron chi connectivity index (χ1n) is 10.5. The number of carbonyl (C=O) groups is 2. The molecule has 0 saturated heterocycles. The Kier molecular flexibility index (Phi) is 10.4. The van der Waals surface area contributed by atoms with Gasteiger partial charge >= 0.3 is 6.09 Å². The fourth-order valence-corrected chi connectivity index (χ4v) is 3.51. The molecule has 1 heterocycles. The first-order valence-corrected chi connectivity index (χ1v) is 12.1. The summed E-state index contributed by atoms with van der Waals surface area (Å²) >= 11 is 0. The highest BCUT2D eigenvalue weighted by Crippen LogP contribution is 2.22. The summed E-state index contributed by atoms with van der Waals surface area (Å²) in [5, 5.41) is 26.7. The van der Waals surface area contributed by atoms with Gasteiger partial charge < -0.3 is 25.2 Å². The van der Waals surface area contributed by atoms with Crippen LogP contribution in [0.3, 0.4) is 0 Å². The van der Waals surface area contributed by atoms with Crippen LogP contribution in [0, 0.1) is 5.92 Å². The Morgan fingerprint density at radius 3 is 2.18 bits per heavy atom. The van der Waals surface area contributed by atoms with Crippen molar-refractivity contribution in [2.45, 2.75) is 24.8 Å². The smallest absolute Gasteiger partial charge is 0.404 e. The van der Waals surface area contributed by atoms with Gasteiger partial charge in [0.1, 0.15) is 11.7 Å².